The van der Waals surface area contributed by atoms with Gasteiger partial charge in [0.1, 0.15) is 23.9 Å². The first kappa shape index (κ1) is 15.5. The maximum Gasteiger partial charge on any atom is 0.167 e. The summed E-state index contributed by atoms with van der Waals surface area (Å²) in [6.07, 6.45) is 0. The summed E-state index contributed by atoms with van der Waals surface area (Å²) in [7, 11) is 0. The number of hydrogen-bond acceptors (Lipinski definition) is 3. The van der Waals surface area contributed by atoms with Crippen molar-refractivity contribution in [2.24, 2.45) is 0 Å². The first-order chi connectivity index (χ1) is 9.83. The molecule has 0 fully saturated rings. The summed E-state index contributed by atoms with van der Waals surface area (Å²) in [6, 6.07) is 6.82. The Kier molecular flexibility index (Phi) is 4.63. The van der Waals surface area contributed by atoms with Gasteiger partial charge in [-0.25, -0.2) is 8.78 Å². The number of halogens is 2. The molecule has 0 saturated carbocycles. The van der Waals surface area contributed by atoms with Gasteiger partial charge in [-0.05, 0) is 45.0 Å². The number of ether oxygens (including phenoxy) is 1. The van der Waals surface area contributed by atoms with Crippen LogP contribution in [0.3, 0.4) is 0 Å². The van der Waals surface area contributed by atoms with Gasteiger partial charge in [-0.15, -0.1) is 0 Å². The SMILES string of the molecule is CC(C)(C)NCc1ccc(COc2ccc(F)cc2F)o1. The van der Waals surface area contributed by atoms with E-state index in [9.17, 15) is 8.78 Å². The molecule has 0 aliphatic carbocycles. The Labute approximate surface area is 122 Å². The van der Waals surface area contributed by atoms with E-state index >= 15 is 0 Å². The van der Waals surface area contributed by atoms with Crippen LogP contribution in [0.5, 0.6) is 5.75 Å². The van der Waals surface area contributed by atoms with Crippen LogP contribution < -0.4 is 10.1 Å². The molecule has 0 radical (unpaired) electrons. The number of hydrogen-bond donors (Lipinski definition) is 1. The van der Waals surface area contributed by atoms with Crippen molar-refractivity contribution in [3.05, 3.63) is 53.5 Å². The van der Waals surface area contributed by atoms with Crippen LogP contribution >= 0.6 is 0 Å². The Morgan fingerprint density at radius 3 is 2.48 bits per heavy atom. The molecule has 1 aromatic carbocycles. The second-order valence-electron chi connectivity index (χ2n) is 5.83. The number of rotatable bonds is 5. The van der Waals surface area contributed by atoms with Gasteiger partial charge >= 0.3 is 0 Å². The fraction of sp³-hybridized carbons (Fsp3) is 0.375. The van der Waals surface area contributed by atoms with Crippen molar-refractivity contribution in [1.29, 1.82) is 0 Å². The predicted octanol–water partition coefficient (Wildman–Crippen LogP) is 4.02. The lowest BCUT2D eigenvalue weighted by Gasteiger charge is -2.19. The van der Waals surface area contributed by atoms with Crippen LogP contribution in [-0.2, 0) is 13.2 Å². The molecule has 1 N–H and O–H groups in total. The van der Waals surface area contributed by atoms with Crippen LogP contribution in [0.4, 0.5) is 8.78 Å². The molecule has 0 spiro atoms. The average Bonchev–Trinajstić information content (AvgIpc) is 2.82. The lowest BCUT2D eigenvalue weighted by atomic mass is 10.1. The largest absolute Gasteiger partial charge is 0.483 e. The van der Waals surface area contributed by atoms with Gasteiger partial charge in [0.2, 0.25) is 0 Å². The summed E-state index contributed by atoms with van der Waals surface area (Å²) in [6.45, 7) is 6.90. The molecule has 0 bridgehead atoms. The van der Waals surface area contributed by atoms with E-state index in [0.717, 1.165) is 17.9 Å². The van der Waals surface area contributed by atoms with E-state index in [1.807, 2.05) is 6.07 Å². The number of nitrogens with one attached hydrogen (secondary N) is 1. The highest BCUT2D eigenvalue weighted by molar-refractivity contribution is 5.24. The van der Waals surface area contributed by atoms with Crippen LogP contribution in [0.1, 0.15) is 32.3 Å². The van der Waals surface area contributed by atoms with Gasteiger partial charge in [-0.3, -0.25) is 0 Å². The quantitative estimate of drug-likeness (QED) is 0.904. The van der Waals surface area contributed by atoms with Crippen molar-refractivity contribution in [3.8, 4) is 5.75 Å². The molecule has 2 aromatic rings. The van der Waals surface area contributed by atoms with Gasteiger partial charge in [0, 0.05) is 11.6 Å². The lowest BCUT2D eigenvalue weighted by Crippen LogP contribution is -2.34. The molecule has 0 atom stereocenters. The van der Waals surface area contributed by atoms with Crippen molar-refractivity contribution in [2.45, 2.75) is 39.5 Å². The minimum absolute atomic E-state index is 0.000688. The molecular formula is C16H19F2NO2. The van der Waals surface area contributed by atoms with Gasteiger partial charge in [0.15, 0.2) is 11.6 Å². The lowest BCUT2D eigenvalue weighted by molar-refractivity contribution is 0.252. The third-order valence-corrected chi connectivity index (χ3v) is 2.77. The summed E-state index contributed by atoms with van der Waals surface area (Å²) < 4.78 is 37.0. The summed E-state index contributed by atoms with van der Waals surface area (Å²) in [4.78, 5) is 0. The third-order valence-electron chi connectivity index (χ3n) is 2.77. The number of furan rings is 1. The average molecular weight is 295 g/mol. The summed E-state index contributed by atoms with van der Waals surface area (Å²) in [5.41, 5.74) is 0.000688. The fourth-order valence-electron chi connectivity index (χ4n) is 1.69. The van der Waals surface area contributed by atoms with Crippen LogP contribution in [0.2, 0.25) is 0 Å². The topological polar surface area (TPSA) is 34.4 Å². The Hall–Kier alpha value is -1.88. The monoisotopic (exact) mass is 295 g/mol. The van der Waals surface area contributed by atoms with Crippen molar-refractivity contribution in [2.75, 3.05) is 0 Å². The summed E-state index contributed by atoms with van der Waals surface area (Å²) in [5, 5.41) is 3.30. The predicted molar refractivity (Wildman–Crippen MR) is 76.0 cm³/mol. The van der Waals surface area contributed by atoms with Crippen molar-refractivity contribution in [3.63, 3.8) is 0 Å². The highest BCUT2D eigenvalue weighted by Gasteiger charge is 2.11. The van der Waals surface area contributed by atoms with Crippen LogP contribution in [0.25, 0.3) is 0 Å². The molecule has 3 nitrogen and oxygen atoms in total. The Morgan fingerprint density at radius 2 is 1.81 bits per heavy atom. The first-order valence-corrected chi connectivity index (χ1v) is 6.74. The molecule has 0 aliphatic heterocycles. The maximum absolute atomic E-state index is 13.4. The van der Waals surface area contributed by atoms with E-state index in [2.05, 4.69) is 26.1 Å². The van der Waals surface area contributed by atoms with Gasteiger partial charge in [-0.2, -0.15) is 0 Å². The molecule has 0 aliphatic rings. The van der Waals surface area contributed by atoms with E-state index in [-0.39, 0.29) is 17.9 Å². The zero-order valence-corrected chi connectivity index (χ0v) is 12.4. The molecular weight excluding hydrogens is 276 g/mol. The number of benzene rings is 1. The van der Waals surface area contributed by atoms with Gasteiger partial charge < -0.3 is 14.5 Å². The van der Waals surface area contributed by atoms with Gasteiger partial charge in [0.05, 0.1) is 6.54 Å². The molecule has 0 saturated heterocycles. The van der Waals surface area contributed by atoms with Gasteiger partial charge in [-0.1, -0.05) is 0 Å². The molecule has 1 aromatic heterocycles. The third kappa shape index (κ3) is 4.86. The zero-order chi connectivity index (χ0) is 15.5. The molecule has 2 rings (SSSR count). The Morgan fingerprint density at radius 1 is 1.10 bits per heavy atom. The Bertz CT molecular complexity index is 603. The van der Waals surface area contributed by atoms with E-state index in [0.29, 0.717) is 12.3 Å². The summed E-state index contributed by atoms with van der Waals surface area (Å²) in [5.74, 6) is 0.0132. The van der Waals surface area contributed by atoms with E-state index < -0.39 is 11.6 Å². The highest BCUT2D eigenvalue weighted by atomic mass is 19.1. The van der Waals surface area contributed by atoms with Crippen LogP contribution in [0.15, 0.2) is 34.7 Å². The van der Waals surface area contributed by atoms with Gasteiger partial charge in [0.25, 0.3) is 0 Å². The maximum atomic E-state index is 13.4. The smallest absolute Gasteiger partial charge is 0.167 e. The minimum Gasteiger partial charge on any atom is -0.483 e. The van der Waals surface area contributed by atoms with E-state index in [1.165, 1.54) is 6.07 Å². The molecule has 0 unspecified atom stereocenters. The van der Waals surface area contributed by atoms with E-state index in [4.69, 9.17) is 9.15 Å². The van der Waals surface area contributed by atoms with Crippen molar-refractivity contribution in [1.82, 2.24) is 5.32 Å². The molecule has 21 heavy (non-hydrogen) atoms. The fourth-order valence-corrected chi connectivity index (χ4v) is 1.69. The molecule has 114 valence electrons. The standard InChI is InChI=1S/C16H19F2NO2/c1-16(2,3)19-9-12-5-6-13(21-12)10-20-15-7-4-11(17)8-14(15)18/h4-8,19H,9-10H2,1-3H3. The van der Waals surface area contributed by atoms with E-state index in [1.54, 1.807) is 6.07 Å². The minimum atomic E-state index is -0.726. The van der Waals surface area contributed by atoms with Crippen LogP contribution in [-0.4, -0.2) is 5.54 Å². The zero-order valence-electron chi connectivity index (χ0n) is 12.4. The molecule has 0 amide bonds. The van der Waals surface area contributed by atoms with Crippen molar-refractivity contribution >= 4 is 0 Å². The van der Waals surface area contributed by atoms with Crippen LogP contribution in [0, 0.1) is 11.6 Å². The second-order valence-corrected chi connectivity index (χ2v) is 5.83. The first-order valence-electron chi connectivity index (χ1n) is 6.74. The van der Waals surface area contributed by atoms with Crippen molar-refractivity contribution < 1.29 is 17.9 Å². The molecule has 1 heterocycles. The highest BCUT2D eigenvalue weighted by Crippen LogP contribution is 2.19. The Balaban J connectivity index is 1.90. The summed E-state index contributed by atoms with van der Waals surface area (Å²) >= 11 is 0. The normalized spacial score (nSPS) is 11.7. The molecule has 5 heteroatoms. The second kappa shape index (κ2) is 6.26.